The summed E-state index contributed by atoms with van der Waals surface area (Å²) in [6, 6.07) is 10.3. The maximum absolute atomic E-state index is 13.7. The quantitative estimate of drug-likeness (QED) is 0.613. The van der Waals surface area contributed by atoms with Crippen LogP contribution in [0, 0.1) is 11.6 Å². The van der Waals surface area contributed by atoms with Crippen LogP contribution >= 0.6 is 0 Å². The molecule has 2 aromatic carbocycles. The standard InChI is InChI=1S/C27H33F2N5O3/c1-4-5-6-23-26(36)32(18(2)20-9-13-22(29)14-10-20)16-24-33(23)25(35)17-31(3)34(24)27(37)30-15-19-7-11-21(28)12-8-19/h7-14,18,23-24H,4-6,15-17H2,1-3H3,(H,30,37)/t18?,23-,24-/m0/s1. The molecule has 4 amide bonds. The van der Waals surface area contributed by atoms with Crippen molar-refractivity contribution < 1.29 is 23.2 Å². The molecular formula is C27H33F2N5O3. The van der Waals surface area contributed by atoms with Crippen molar-refractivity contribution in [2.75, 3.05) is 20.1 Å². The van der Waals surface area contributed by atoms with Crippen LogP contribution in [0.5, 0.6) is 0 Å². The third-order valence-corrected chi connectivity index (χ3v) is 7.10. The molecule has 2 aliphatic heterocycles. The Bertz CT molecular complexity index is 1130. The highest BCUT2D eigenvalue weighted by atomic mass is 19.1. The molecule has 1 N–H and O–H groups in total. The number of hydrazine groups is 1. The average molecular weight is 514 g/mol. The monoisotopic (exact) mass is 513 g/mol. The number of halogens is 2. The van der Waals surface area contributed by atoms with E-state index in [1.807, 2.05) is 13.8 Å². The molecule has 0 spiro atoms. The molecule has 3 atom stereocenters. The number of urea groups is 1. The summed E-state index contributed by atoms with van der Waals surface area (Å²) in [5.41, 5.74) is 1.49. The maximum atomic E-state index is 13.7. The maximum Gasteiger partial charge on any atom is 0.334 e. The highest BCUT2D eigenvalue weighted by Crippen LogP contribution is 2.33. The summed E-state index contributed by atoms with van der Waals surface area (Å²) >= 11 is 0. The zero-order chi connectivity index (χ0) is 26.7. The van der Waals surface area contributed by atoms with Crippen molar-refractivity contribution in [2.24, 2.45) is 0 Å². The number of carbonyl (C=O) groups excluding carboxylic acids is 3. The van der Waals surface area contributed by atoms with E-state index in [0.29, 0.717) is 6.42 Å². The van der Waals surface area contributed by atoms with Crippen molar-refractivity contribution in [1.29, 1.82) is 0 Å². The Labute approximate surface area is 215 Å². The normalized spacial score (nSPS) is 21.2. The fourth-order valence-corrected chi connectivity index (χ4v) is 5.07. The number of fused-ring (bicyclic) bond motifs is 1. The van der Waals surface area contributed by atoms with Crippen LogP contribution in [-0.2, 0) is 16.1 Å². The molecule has 37 heavy (non-hydrogen) atoms. The van der Waals surface area contributed by atoms with E-state index in [4.69, 9.17) is 0 Å². The first-order valence-corrected chi connectivity index (χ1v) is 12.6. The van der Waals surface area contributed by atoms with E-state index in [-0.39, 0.29) is 49.1 Å². The van der Waals surface area contributed by atoms with Crippen LogP contribution in [0.25, 0.3) is 0 Å². The number of piperazine rings is 1. The number of hydrogen-bond donors (Lipinski definition) is 1. The summed E-state index contributed by atoms with van der Waals surface area (Å²) < 4.78 is 26.8. The molecule has 8 nitrogen and oxygen atoms in total. The van der Waals surface area contributed by atoms with Crippen LogP contribution in [0.4, 0.5) is 13.6 Å². The van der Waals surface area contributed by atoms with Crippen molar-refractivity contribution in [3.63, 3.8) is 0 Å². The summed E-state index contributed by atoms with van der Waals surface area (Å²) in [4.78, 5) is 43.6. The molecule has 2 aliphatic rings. The number of hydrogen-bond acceptors (Lipinski definition) is 4. The van der Waals surface area contributed by atoms with Gasteiger partial charge in [-0.15, -0.1) is 0 Å². The Balaban J connectivity index is 1.62. The lowest BCUT2D eigenvalue weighted by Crippen LogP contribution is -2.76. The van der Waals surface area contributed by atoms with Crippen molar-refractivity contribution in [3.05, 3.63) is 71.3 Å². The SMILES string of the molecule is CCCC[C@H]1C(=O)N(C(C)c2ccc(F)cc2)C[C@H]2N1C(=O)CN(C)N2C(=O)NCc1ccc(F)cc1. The van der Waals surface area contributed by atoms with Crippen molar-refractivity contribution >= 4 is 17.8 Å². The van der Waals surface area contributed by atoms with Crippen LogP contribution in [0.1, 0.15) is 50.3 Å². The lowest BCUT2D eigenvalue weighted by Gasteiger charge is -2.55. The number of carbonyl (C=O) groups is 3. The zero-order valence-electron chi connectivity index (χ0n) is 21.4. The van der Waals surface area contributed by atoms with E-state index in [9.17, 15) is 23.2 Å². The number of benzene rings is 2. The first kappa shape index (κ1) is 26.5. The van der Waals surface area contributed by atoms with Crippen LogP contribution in [-0.4, -0.2) is 70.0 Å². The van der Waals surface area contributed by atoms with Gasteiger partial charge in [-0.1, -0.05) is 44.0 Å². The predicted molar refractivity (Wildman–Crippen MR) is 134 cm³/mol. The van der Waals surface area contributed by atoms with Crippen LogP contribution < -0.4 is 5.32 Å². The third-order valence-electron chi connectivity index (χ3n) is 7.10. The summed E-state index contributed by atoms with van der Waals surface area (Å²) in [5.74, 6) is -1.11. The molecule has 1 unspecified atom stereocenters. The van der Waals surface area contributed by atoms with E-state index < -0.39 is 18.2 Å². The Morgan fingerprint density at radius 2 is 1.68 bits per heavy atom. The molecule has 10 heteroatoms. The minimum Gasteiger partial charge on any atom is -0.333 e. The highest BCUT2D eigenvalue weighted by molar-refractivity contribution is 5.91. The second-order valence-electron chi connectivity index (χ2n) is 9.60. The topological polar surface area (TPSA) is 76.2 Å². The van der Waals surface area contributed by atoms with Crippen molar-refractivity contribution in [1.82, 2.24) is 25.1 Å². The molecule has 4 rings (SSSR count). The lowest BCUT2D eigenvalue weighted by atomic mass is 9.98. The fraction of sp³-hybridized carbons (Fsp3) is 0.444. The average Bonchev–Trinajstić information content (AvgIpc) is 2.87. The Morgan fingerprint density at radius 1 is 1.05 bits per heavy atom. The second-order valence-corrected chi connectivity index (χ2v) is 9.60. The van der Waals surface area contributed by atoms with Gasteiger partial charge in [0.2, 0.25) is 11.8 Å². The van der Waals surface area contributed by atoms with Gasteiger partial charge < -0.3 is 15.1 Å². The van der Waals surface area contributed by atoms with Gasteiger partial charge in [0.15, 0.2) is 0 Å². The smallest absolute Gasteiger partial charge is 0.333 e. The highest BCUT2D eigenvalue weighted by Gasteiger charge is 2.51. The van der Waals surface area contributed by atoms with Gasteiger partial charge in [-0.3, -0.25) is 9.59 Å². The molecule has 2 saturated heterocycles. The minimum absolute atomic E-state index is 0.0378. The molecule has 0 bridgehead atoms. The van der Waals surface area contributed by atoms with Crippen molar-refractivity contribution in [3.8, 4) is 0 Å². The van der Waals surface area contributed by atoms with E-state index in [1.54, 1.807) is 46.1 Å². The minimum atomic E-state index is -0.707. The number of likely N-dealkylation sites (N-methyl/N-ethyl adjacent to an activating group) is 1. The molecule has 198 valence electrons. The van der Waals surface area contributed by atoms with E-state index in [1.165, 1.54) is 29.3 Å². The van der Waals surface area contributed by atoms with Gasteiger partial charge in [-0.2, -0.15) is 0 Å². The molecular weight excluding hydrogens is 480 g/mol. The Kier molecular flexibility index (Phi) is 8.06. The number of nitrogens with one attached hydrogen (secondary N) is 1. The number of unbranched alkanes of at least 4 members (excludes halogenated alkanes) is 1. The van der Waals surface area contributed by atoms with E-state index in [0.717, 1.165) is 24.0 Å². The molecule has 2 aromatic rings. The fourth-order valence-electron chi connectivity index (χ4n) is 5.07. The summed E-state index contributed by atoms with van der Waals surface area (Å²) in [5, 5.41) is 5.91. The molecule has 2 fully saturated rings. The van der Waals surface area contributed by atoms with Crippen molar-refractivity contribution in [2.45, 2.75) is 57.9 Å². The van der Waals surface area contributed by atoms with Gasteiger partial charge in [0, 0.05) is 13.6 Å². The van der Waals surface area contributed by atoms with E-state index >= 15 is 0 Å². The summed E-state index contributed by atoms with van der Waals surface area (Å²) in [6.07, 6.45) is 1.38. The first-order chi connectivity index (χ1) is 17.7. The van der Waals surface area contributed by atoms with E-state index in [2.05, 4.69) is 5.32 Å². The van der Waals surface area contributed by atoms with Gasteiger partial charge in [0.25, 0.3) is 0 Å². The number of amides is 4. The molecule has 0 aromatic heterocycles. The summed E-state index contributed by atoms with van der Waals surface area (Å²) in [7, 11) is 1.66. The number of rotatable bonds is 7. The van der Waals surface area contributed by atoms with Gasteiger partial charge in [0.05, 0.1) is 19.1 Å². The summed E-state index contributed by atoms with van der Waals surface area (Å²) in [6.45, 7) is 4.14. The molecule has 2 heterocycles. The predicted octanol–water partition coefficient (Wildman–Crippen LogP) is 3.65. The van der Waals surface area contributed by atoms with Gasteiger partial charge in [0.1, 0.15) is 23.8 Å². The third kappa shape index (κ3) is 5.58. The molecule has 0 radical (unpaired) electrons. The van der Waals surface area contributed by atoms with Gasteiger partial charge in [-0.25, -0.2) is 23.6 Å². The Morgan fingerprint density at radius 3 is 2.30 bits per heavy atom. The molecule has 0 aliphatic carbocycles. The Hall–Kier alpha value is -3.53. The lowest BCUT2D eigenvalue weighted by molar-refractivity contribution is -0.189. The first-order valence-electron chi connectivity index (χ1n) is 12.6. The largest absolute Gasteiger partial charge is 0.334 e. The second kappa shape index (κ2) is 11.2. The molecule has 0 saturated carbocycles. The van der Waals surface area contributed by atoms with Gasteiger partial charge >= 0.3 is 6.03 Å². The number of nitrogens with zero attached hydrogens (tertiary/aromatic N) is 4. The zero-order valence-corrected chi connectivity index (χ0v) is 21.4. The van der Waals surface area contributed by atoms with Gasteiger partial charge in [-0.05, 0) is 48.7 Å². The van der Waals surface area contributed by atoms with Crippen LogP contribution in [0.3, 0.4) is 0 Å². The van der Waals surface area contributed by atoms with Crippen LogP contribution in [0.2, 0.25) is 0 Å². The van der Waals surface area contributed by atoms with Crippen LogP contribution in [0.15, 0.2) is 48.5 Å².